The molecule has 2 aliphatic rings. The van der Waals surface area contributed by atoms with Crippen LogP contribution in [0, 0.1) is 13.8 Å². The van der Waals surface area contributed by atoms with Crippen LogP contribution in [-0.2, 0) is 16.1 Å². The third kappa shape index (κ3) is 2.06. The molecule has 1 aromatic carbocycles. The van der Waals surface area contributed by atoms with E-state index in [4.69, 9.17) is 2.82 Å². The lowest BCUT2D eigenvalue weighted by atomic mass is 9.98. The van der Waals surface area contributed by atoms with Crippen LogP contribution in [0.2, 0.25) is 2.82 Å². The normalized spacial score (nSPS) is 22.7. The summed E-state index contributed by atoms with van der Waals surface area (Å²) in [5.74, 6) is -1.49. The van der Waals surface area contributed by atoms with Gasteiger partial charge in [0.15, 0.2) is 2.82 Å². The van der Waals surface area contributed by atoms with Gasteiger partial charge in [0.25, 0.3) is 5.91 Å². The highest BCUT2D eigenvalue weighted by Gasteiger charge is 2.40. The van der Waals surface area contributed by atoms with Crippen molar-refractivity contribution in [1.29, 1.82) is 0 Å². The Hall–Kier alpha value is -2.37. The topological polar surface area (TPSA) is 78.5 Å². The zero-order chi connectivity index (χ0) is 17.8. The van der Waals surface area contributed by atoms with E-state index >= 15 is 0 Å². The number of piperidine rings is 1. The monoisotopic (exact) mass is 303 g/mol. The number of nitrogens with zero attached hydrogens (tertiary/aromatic N) is 1. The van der Waals surface area contributed by atoms with Gasteiger partial charge in [0.2, 0.25) is 11.8 Å². The Morgan fingerprint density at radius 3 is 2.82 bits per heavy atom. The fourth-order valence-electron chi connectivity index (χ4n) is 3.18. The first-order valence-corrected chi connectivity index (χ1v) is 7.26. The van der Waals surface area contributed by atoms with Crippen LogP contribution in [0.25, 0.3) is 0 Å². The summed E-state index contributed by atoms with van der Waals surface area (Å²) in [5.41, 5.74) is 3.72. The average molecular weight is 303 g/mol. The number of aryl methyl sites for hydroxylation is 1. The molecule has 6 nitrogen and oxygen atoms in total. The SMILES string of the molecule is [2H]N1C(=O)CCC(N2Cc3c(cc(C)c(C)c3N([2H])C)C2=O)C1=O. The van der Waals surface area contributed by atoms with Crippen LogP contribution in [0.4, 0.5) is 5.69 Å². The molecule has 2 aliphatic heterocycles. The molecule has 1 aromatic rings. The Morgan fingerprint density at radius 1 is 1.41 bits per heavy atom. The Morgan fingerprint density at radius 2 is 2.14 bits per heavy atom. The number of fused-ring (bicyclic) bond motifs is 1. The predicted molar refractivity (Wildman–Crippen MR) is 81.5 cm³/mol. The fourth-order valence-corrected chi connectivity index (χ4v) is 3.18. The number of rotatable bonds is 2. The minimum absolute atomic E-state index is 0.0727. The van der Waals surface area contributed by atoms with Gasteiger partial charge in [0.1, 0.15) is 6.04 Å². The molecular formula is C16H19N3O3. The molecule has 6 heteroatoms. The van der Waals surface area contributed by atoms with Crippen molar-refractivity contribution in [2.24, 2.45) is 0 Å². The van der Waals surface area contributed by atoms with E-state index in [0.29, 0.717) is 16.6 Å². The standard InChI is InChI=1S/C16H19N3O3/c1-8-6-10-11(14(17-3)9(8)2)7-19(16(10)22)12-4-5-13(20)18-15(12)21/h6,12,17H,4-5,7H2,1-3H3,(H,18,20,21)/i/hD2. The molecule has 0 bridgehead atoms. The Bertz CT molecular complexity index is 763. The van der Waals surface area contributed by atoms with Gasteiger partial charge in [-0.25, -0.2) is 0 Å². The van der Waals surface area contributed by atoms with Gasteiger partial charge in [-0.3, -0.25) is 19.7 Å². The number of hydrogen-bond donors (Lipinski definition) is 2. The van der Waals surface area contributed by atoms with Crippen LogP contribution >= 0.6 is 0 Å². The maximum Gasteiger partial charge on any atom is 0.255 e. The molecule has 1 saturated heterocycles. The lowest BCUT2D eigenvalue weighted by molar-refractivity contribution is -0.136. The smallest absolute Gasteiger partial charge is 0.255 e. The molecule has 116 valence electrons. The van der Waals surface area contributed by atoms with Crippen molar-refractivity contribution in [3.8, 4) is 0 Å². The molecule has 22 heavy (non-hydrogen) atoms. The van der Waals surface area contributed by atoms with E-state index in [1.165, 1.54) is 10.2 Å². The van der Waals surface area contributed by atoms with E-state index in [2.05, 4.69) is 0 Å². The molecule has 1 unspecified atom stereocenters. The van der Waals surface area contributed by atoms with Crippen molar-refractivity contribution < 1.29 is 17.2 Å². The van der Waals surface area contributed by atoms with Crippen LogP contribution < -0.4 is 10.6 Å². The van der Waals surface area contributed by atoms with Crippen molar-refractivity contribution in [3.63, 3.8) is 0 Å². The van der Waals surface area contributed by atoms with Crippen LogP contribution in [-0.4, -0.2) is 35.7 Å². The summed E-state index contributed by atoms with van der Waals surface area (Å²) in [6, 6.07) is 0.987. The molecule has 0 aliphatic carbocycles. The number of imide groups is 1. The summed E-state index contributed by atoms with van der Waals surface area (Å²) < 4.78 is 15.5. The summed E-state index contributed by atoms with van der Waals surface area (Å²) in [6.07, 6.45) is 0.306. The number of benzene rings is 1. The molecule has 0 radical (unpaired) electrons. The first-order valence-electron chi connectivity index (χ1n) is 8.15. The number of carbonyl (C=O) groups excluding carboxylic acids is 3. The van der Waals surface area contributed by atoms with Gasteiger partial charge in [-0.15, -0.1) is 0 Å². The maximum absolute atomic E-state index is 12.8. The maximum atomic E-state index is 12.8. The summed E-state index contributed by atoms with van der Waals surface area (Å²) >= 11 is 0. The molecular weight excluding hydrogens is 282 g/mol. The summed E-state index contributed by atoms with van der Waals surface area (Å²) in [6.45, 7) is 4.00. The van der Waals surface area contributed by atoms with Gasteiger partial charge in [0.05, 0.1) is 0 Å². The first kappa shape index (κ1) is 12.2. The Kier molecular flexibility index (Phi) is 2.84. The van der Waals surface area contributed by atoms with Crippen molar-refractivity contribution in [2.45, 2.75) is 39.3 Å². The summed E-state index contributed by atoms with van der Waals surface area (Å²) in [5, 5.41) is 1.60. The van der Waals surface area contributed by atoms with Crippen molar-refractivity contribution >= 4 is 23.4 Å². The average Bonchev–Trinajstić information content (AvgIpc) is 2.82. The van der Waals surface area contributed by atoms with Gasteiger partial charge in [0, 0.05) is 36.8 Å². The number of amides is 3. The van der Waals surface area contributed by atoms with E-state index < -0.39 is 17.9 Å². The van der Waals surface area contributed by atoms with E-state index in [9.17, 15) is 14.4 Å². The minimum atomic E-state index is -0.801. The number of nitrogens with one attached hydrogen (secondary N) is 2. The molecule has 2 heterocycles. The Balaban J connectivity index is 2.01. The fraction of sp³-hybridized carbons (Fsp3) is 0.438. The number of carbonyl (C=O) groups is 3. The summed E-state index contributed by atoms with van der Waals surface area (Å²) in [7, 11) is 1.60. The van der Waals surface area contributed by atoms with Gasteiger partial charge >= 0.3 is 0 Å². The van der Waals surface area contributed by atoms with E-state index in [0.717, 1.165) is 16.7 Å². The second kappa shape index (κ2) is 5.12. The van der Waals surface area contributed by atoms with Crippen molar-refractivity contribution in [3.05, 3.63) is 28.3 Å². The van der Waals surface area contributed by atoms with Crippen LogP contribution in [0.1, 0.15) is 39.9 Å². The van der Waals surface area contributed by atoms with Gasteiger partial charge in [-0.05, 0) is 37.5 Å². The lowest BCUT2D eigenvalue weighted by Crippen LogP contribution is -2.52. The molecule has 3 amide bonds. The second-order valence-electron chi connectivity index (χ2n) is 5.75. The van der Waals surface area contributed by atoms with Crippen molar-refractivity contribution in [1.82, 2.24) is 10.2 Å². The second-order valence-corrected chi connectivity index (χ2v) is 5.75. The molecule has 0 aromatic heterocycles. The third-order valence-corrected chi connectivity index (χ3v) is 4.49. The van der Waals surface area contributed by atoms with Gasteiger partial charge in [-0.1, -0.05) is 0 Å². The molecule has 0 saturated carbocycles. The van der Waals surface area contributed by atoms with Gasteiger partial charge in [-0.2, -0.15) is 0 Å². The molecule has 1 atom stereocenters. The zero-order valence-corrected chi connectivity index (χ0v) is 12.8. The van der Waals surface area contributed by atoms with Crippen LogP contribution in [0.15, 0.2) is 6.07 Å². The third-order valence-electron chi connectivity index (χ3n) is 4.49. The highest BCUT2D eigenvalue weighted by atomic mass is 16.2. The lowest BCUT2D eigenvalue weighted by Gasteiger charge is -2.29. The molecule has 3 rings (SSSR count). The van der Waals surface area contributed by atoms with E-state index in [1.54, 1.807) is 13.1 Å². The summed E-state index contributed by atoms with van der Waals surface area (Å²) in [4.78, 5) is 37.9. The number of anilines is 1. The quantitative estimate of drug-likeness (QED) is 0.802. The Labute approximate surface area is 131 Å². The highest BCUT2D eigenvalue weighted by molar-refractivity contribution is 6.06. The molecule has 0 spiro atoms. The largest absolute Gasteiger partial charge is 0.388 e. The van der Waals surface area contributed by atoms with Gasteiger partial charge < -0.3 is 10.2 Å². The van der Waals surface area contributed by atoms with E-state index in [-0.39, 0.29) is 25.3 Å². The molecule has 2 N–H and O–H groups in total. The van der Waals surface area contributed by atoms with Crippen LogP contribution in [0.5, 0.6) is 0 Å². The predicted octanol–water partition coefficient (Wildman–Crippen LogP) is 1.11. The van der Waals surface area contributed by atoms with Crippen molar-refractivity contribution in [2.75, 3.05) is 12.4 Å². The van der Waals surface area contributed by atoms with Crippen LogP contribution in [0.3, 0.4) is 0 Å². The molecule has 1 fully saturated rings. The highest BCUT2D eigenvalue weighted by Crippen LogP contribution is 2.35. The number of hydrogen-bond acceptors (Lipinski definition) is 4. The van der Waals surface area contributed by atoms with E-state index in [1.807, 2.05) is 13.8 Å². The zero-order valence-electron chi connectivity index (χ0n) is 14.8. The first-order chi connectivity index (χ1) is 11.2. The minimum Gasteiger partial charge on any atom is -0.388 e.